The minimum absolute atomic E-state index is 0.875. The second-order valence-corrected chi connectivity index (χ2v) is 1.27. The van der Waals surface area contributed by atoms with Crippen molar-refractivity contribution >= 4 is 0 Å². The molecule has 38 valence electrons. The number of hydrogen-bond donors (Lipinski definition) is 1. The van der Waals surface area contributed by atoms with Crippen molar-refractivity contribution in [2.24, 2.45) is 0 Å². The van der Waals surface area contributed by atoms with Gasteiger partial charge in [0.1, 0.15) is 12.2 Å². The van der Waals surface area contributed by atoms with Crippen LogP contribution in [0.4, 0.5) is 0 Å². The first-order valence-electron chi connectivity index (χ1n) is 2.28. The maximum atomic E-state index is 3.87. The normalized spacial score (nSPS) is 9.29. The van der Waals surface area contributed by atoms with Crippen molar-refractivity contribution in [1.29, 1.82) is 0 Å². The molecule has 0 aromatic carbocycles. The lowest BCUT2D eigenvalue weighted by Gasteiger charge is -1.75. The van der Waals surface area contributed by atoms with E-state index in [-0.39, 0.29) is 0 Å². The molecule has 0 aliphatic carbocycles. The molecule has 0 saturated carbocycles. The first kappa shape index (κ1) is 4.30. The SMILES string of the molecule is CCc1nc[nH]n1. The van der Waals surface area contributed by atoms with Gasteiger partial charge in [0, 0.05) is 6.42 Å². The molecule has 0 aliphatic rings. The molecule has 0 unspecified atom stereocenters. The average Bonchev–Trinajstić information content (AvgIpc) is 2.14. The van der Waals surface area contributed by atoms with Gasteiger partial charge in [-0.15, -0.1) is 0 Å². The smallest absolute Gasteiger partial charge is 0.150 e. The molecule has 1 aromatic rings. The molecule has 0 saturated heterocycles. The summed E-state index contributed by atoms with van der Waals surface area (Å²) in [5.74, 6) is 0.875. The molecule has 0 amide bonds. The maximum absolute atomic E-state index is 3.87. The Hall–Kier alpha value is -0.860. The standard InChI is InChI=1S/C4H7N3/c1-2-4-5-3-6-7-4/h3H,2H2,1H3,(H,5,6,7). The van der Waals surface area contributed by atoms with E-state index in [9.17, 15) is 0 Å². The molecule has 0 aliphatic heterocycles. The van der Waals surface area contributed by atoms with Crippen molar-refractivity contribution in [2.45, 2.75) is 13.3 Å². The van der Waals surface area contributed by atoms with Crippen molar-refractivity contribution in [3.63, 3.8) is 0 Å². The van der Waals surface area contributed by atoms with Crippen molar-refractivity contribution < 1.29 is 0 Å². The second kappa shape index (κ2) is 1.73. The molecular weight excluding hydrogens is 90.1 g/mol. The van der Waals surface area contributed by atoms with E-state index in [0.717, 1.165) is 12.2 Å². The van der Waals surface area contributed by atoms with Gasteiger partial charge in [-0.3, -0.25) is 5.10 Å². The second-order valence-electron chi connectivity index (χ2n) is 1.27. The zero-order chi connectivity index (χ0) is 5.11. The first-order valence-corrected chi connectivity index (χ1v) is 2.28. The highest BCUT2D eigenvalue weighted by atomic mass is 15.2. The fraction of sp³-hybridized carbons (Fsp3) is 0.500. The van der Waals surface area contributed by atoms with E-state index in [4.69, 9.17) is 0 Å². The summed E-state index contributed by atoms with van der Waals surface area (Å²) in [5, 5.41) is 6.42. The lowest BCUT2D eigenvalue weighted by atomic mass is 10.5. The number of rotatable bonds is 1. The van der Waals surface area contributed by atoms with E-state index in [1.165, 1.54) is 0 Å². The summed E-state index contributed by atoms with van der Waals surface area (Å²) in [6.07, 6.45) is 2.49. The molecule has 1 heterocycles. The molecule has 0 spiro atoms. The number of nitrogens with one attached hydrogen (secondary N) is 1. The van der Waals surface area contributed by atoms with Crippen molar-refractivity contribution in [3.8, 4) is 0 Å². The van der Waals surface area contributed by atoms with Gasteiger partial charge in [-0.25, -0.2) is 4.98 Å². The summed E-state index contributed by atoms with van der Waals surface area (Å²) in [4.78, 5) is 3.87. The number of H-pyrrole nitrogens is 1. The van der Waals surface area contributed by atoms with Crippen LogP contribution in [0.2, 0.25) is 0 Å². The Morgan fingerprint density at radius 1 is 1.86 bits per heavy atom. The van der Waals surface area contributed by atoms with Crippen molar-refractivity contribution in [1.82, 2.24) is 15.2 Å². The molecule has 0 radical (unpaired) electrons. The highest BCUT2D eigenvalue weighted by molar-refractivity contribution is 4.76. The first-order chi connectivity index (χ1) is 3.43. The largest absolute Gasteiger partial charge is 0.266 e. The quantitative estimate of drug-likeness (QED) is 0.550. The third-order valence-corrected chi connectivity index (χ3v) is 0.781. The molecule has 7 heavy (non-hydrogen) atoms. The predicted octanol–water partition coefficient (Wildman–Crippen LogP) is 0.367. The van der Waals surface area contributed by atoms with Gasteiger partial charge >= 0.3 is 0 Å². The lowest BCUT2D eigenvalue weighted by Crippen LogP contribution is -1.79. The van der Waals surface area contributed by atoms with Crippen LogP contribution in [0.5, 0.6) is 0 Å². The van der Waals surface area contributed by atoms with Crippen LogP contribution in [-0.2, 0) is 6.42 Å². The van der Waals surface area contributed by atoms with Crippen LogP contribution < -0.4 is 0 Å². The fourth-order valence-corrected chi connectivity index (χ4v) is 0.406. The Labute approximate surface area is 41.8 Å². The third-order valence-electron chi connectivity index (χ3n) is 0.781. The maximum Gasteiger partial charge on any atom is 0.150 e. The van der Waals surface area contributed by atoms with Crippen molar-refractivity contribution in [2.75, 3.05) is 0 Å². The number of aryl methyl sites for hydroxylation is 1. The Kier molecular flexibility index (Phi) is 1.06. The summed E-state index contributed by atoms with van der Waals surface area (Å²) in [5.41, 5.74) is 0. The predicted molar refractivity (Wildman–Crippen MR) is 25.8 cm³/mol. The number of aromatic nitrogens is 3. The van der Waals surface area contributed by atoms with Gasteiger partial charge in [-0.05, 0) is 0 Å². The van der Waals surface area contributed by atoms with Gasteiger partial charge in [0.05, 0.1) is 0 Å². The van der Waals surface area contributed by atoms with Crippen LogP contribution in [0.1, 0.15) is 12.7 Å². The number of hydrogen-bond acceptors (Lipinski definition) is 2. The Bertz CT molecular complexity index is 121. The Morgan fingerprint density at radius 2 is 2.71 bits per heavy atom. The van der Waals surface area contributed by atoms with Gasteiger partial charge < -0.3 is 0 Å². The number of nitrogens with zero attached hydrogens (tertiary/aromatic N) is 2. The molecule has 3 heteroatoms. The lowest BCUT2D eigenvalue weighted by molar-refractivity contribution is 0.946. The van der Waals surface area contributed by atoms with Crippen LogP contribution in [-0.4, -0.2) is 15.2 Å². The van der Waals surface area contributed by atoms with Crippen LogP contribution >= 0.6 is 0 Å². The monoisotopic (exact) mass is 97.1 g/mol. The van der Waals surface area contributed by atoms with E-state index < -0.39 is 0 Å². The minimum atomic E-state index is 0.875. The topological polar surface area (TPSA) is 41.6 Å². The molecule has 0 bridgehead atoms. The van der Waals surface area contributed by atoms with E-state index in [2.05, 4.69) is 15.2 Å². The van der Waals surface area contributed by atoms with E-state index in [1.54, 1.807) is 6.33 Å². The van der Waals surface area contributed by atoms with Gasteiger partial charge in [0.15, 0.2) is 0 Å². The van der Waals surface area contributed by atoms with Crippen LogP contribution in [0.25, 0.3) is 0 Å². The molecular formula is C4H7N3. The summed E-state index contributed by atoms with van der Waals surface area (Å²) in [6.45, 7) is 2.02. The zero-order valence-electron chi connectivity index (χ0n) is 4.18. The van der Waals surface area contributed by atoms with E-state index in [1.807, 2.05) is 6.92 Å². The van der Waals surface area contributed by atoms with Gasteiger partial charge in [-0.2, -0.15) is 5.10 Å². The summed E-state index contributed by atoms with van der Waals surface area (Å²) in [6, 6.07) is 0. The van der Waals surface area contributed by atoms with Gasteiger partial charge in [0.25, 0.3) is 0 Å². The summed E-state index contributed by atoms with van der Waals surface area (Å²) >= 11 is 0. The highest BCUT2D eigenvalue weighted by Gasteiger charge is 1.85. The third kappa shape index (κ3) is 0.765. The molecule has 0 fully saturated rings. The average molecular weight is 97.1 g/mol. The molecule has 0 atom stereocenters. The van der Waals surface area contributed by atoms with E-state index >= 15 is 0 Å². The van der Waals surface area contributed by atoms with Gasteiger partial charge in [-0.1, -0.05) is 6.92 Å². The molecule has 3 nitrogen and oxygen atoms in total. The highest BCUT2D eigenvalue weighted by Crippen LogP contribution is 1.82. The summed E-state index contributed by atoms with van der Waals surface area (Å²) < 4.78 is 0. The Morgan fingerprint density at radius 3 is 3.00 bits per heavy atom. The summed E-state index contributed by atoms with van der Waals surface area (Å²) in [7, 11) is 0. The fourth-order valence-electron chi connectivity index (χ4n) is 0.406. The molecule has 1 aromatic heterocycles. The van der Waals surface area contributed by atoms with Crippen LogP contribution in [0.3, 0.4) is 0 Å². The van der Waals surface area contributed by atoms with Crippen molar-refractivity contribution in [3.05, 3.63) is 12.2 Å². The van der Waals surface area contributed by atoms with Crippen LogP contribution in [0.15, 0.2) is 6.33 Å². The minimum Gasteiger partial charge on any atom is -0.266 e. The zero-order valence-corrected chi connectivity index (χ0v) is 4.18. The molecule has 1 N–H and O–H groups in total. The van der Waals surface area contributed by atoms with Gasteiger partial charge in [0.2, 0.25) is 0 Å². The number of aromatic amines is 1. The molecule has 1 rings (SSSR count). The van der Waals surface area contributed by atoms with E-state index in [0.29, 0.717) is 0 Å². The Balaban J connectivity index is 2.76. The van der Waals surface area contributed by atoms with Crippen LogP contribution in [0, 0.1) is 0 Å².